The van der Waals surface area contributed by atoms with E-state index < -0.39 is 17.5 Å². The highest BCUT2D eigenvalue weighted by Crippen LogP contribution is 2.60. The van der Waals surface area contributed by atoms with Crippen LogP contribution < -0.4 is 21.3 Å². The van der Waals surface area contributed by atoms with Gasteiger partial charge in [0.05, 0.1) is 29.1 Å². The number of carbonyl (C=O) groups excluding carboxylic acids is 3. The Kier molecular flexibility index (Phi) is 9.30. The minimum atomic E-state index is -0.936. The first-order chi connectivity index (χ1) is 22.2. The van der Waals surface area contributed by atoms with Crippen molar-refractivity contribution >= 4 is 40.5 Å². The number of aromatic amines is 1. The number of nitrogens with zero attached hydrogens (tertiary/aromatic N) is 1. The minimum absolute atomic E-state index is 0.0658. The number of aromatic nitrogens is 2. The van der Waals surface area contributed by atoms with E-state index in [9.17, 15) is 14.4 Å². The summed E-state index contributed by atoms with van der Waals surface area (Å²) in [5.74, 6) is 0.317. The molecule has 1 aromatic heterocycles. The molecule has 0 spiro atoms. The van der Waals surface area contributed by atoms with E-state index in [4.69, 9.17) is 21.3 Å². The molecule has 0 radical (unpaired) electrons. The van der Waals surface area contributed by atoms with E-state index in [1.807, 2.05) is 56.3 Å². The first-order valence-electron chi connectivity index (χ1n) is 16.6. The molecule has 2 saturated carbocycles. The summed E-state index contributed by atoms with van der Waals surface area (Å²) in [6.45, 7) is 7.68. The van der Waals surface area contributed by atoms with Gasteiger partial charge in [-0.25, -0.2) is 9.78 Å². The minimum Gasteiger partial charge on any atom is -0.380 e. The number of urea groups is 1. The van der Waals surface area contributed by atoms with Gasteiger partial charge in [-0.3, -0.25) is 9.59 Å². The summed E-state index contributed by atoms with van der Waals surface area (Å²) < 4.78 is 5.83. The number of H-pyrrole nitrogens is 1. The van der Waals surface area contributed by atoms with Gasteiger partial charge in [-0.05, 0) is 86.6 Å². The van der Waals surface area contributed by atoms with Crippen molar-refractivity contribution in [2.45, 2.75) is 82.7 Å². The number of imidazole rings is 1. The Morgan fingerprint density at radius 2 is 1.80 bits per heavy atom. The predicted octanol–water partition coefficient (Wildman–Crippen LogP) is 5.24. The van der Waals surface area contributed by atoms with Gasteiger partial charge >= 0.3 is 6.03 Å². The Morgan fingerprint density at radius 1 is 1.04 bits per heavy atom. The molecule has 3 aromatic rings. The summed E-state index contributed by atoms with van der Waals surface area (Å²) in [6.07, 6.45) is 5.44. The quantitative estimate of drug-likeness (QED) is 0.183. The molecule has 246 valence electrons. The van der Waals surface area contributed by atoms with Crippen molar-refractivity contribution in [2.24, 2.45) is 11.3 Å². The lowest BCUT2D eigenvalue weighted by atomic mass is 9.76. The van der Waals surface area contributed by atoms with Crippen molar-refractivity contribution in [1.82, 2.24) is 31.2 Å². The monoisotopic (exact) mass is 648 g/mol. The van der Waals surface area contributed by atoms with Gasteiger partial charge in [0, 0.05) is 30.6 Å². The first kappa shape index (κ1) is 32.3. The summed E-state index contributed by atoms with van der Waals surface area (Å²) >= 11 is 6.77. The molecule has 1 unspecified atom stereocenters. The van der Waals surface area contributed by atoms with Crippen LogP contribution in [0.15, 0.2) is 42.5 Å². The number of likely N-dealkylation sites (N-methyl/N-ethyl adjacent to an activating group) is 1. The van der Waals surface area contributed by atoms with Crippen molar-refractivity contribution in [3.63, 3.8) is 0 Å². The molecule has 6 rings (SSSR count). The maximum absolute atomic E-state index is 14.1. The zero-order chi connectivity index (χ0) is 32.5. The number of hydrogen-bond donors (Lipinski definition) is 5. The van der Waals surface area contributed by atoms with E-state index in [1.54, 1.807) is 0 Å². The molecule has 4 atom stereocenters. The normalized spacial score (nSPS) is 22.3. The standard InChI is InChI=1S/C35H45ClN6O4/c1-4-37-31(43)28(21-9-8-10-21)41-32(44)35(17-18-46-20-35)22-13-14-25-26(19-22)40-30(39-25)29(42-33(45)38-5-2)27(34(3)15-16-34)23-11-6-7-12-24(23)36/h6-7,11-14,19,21,27-29H,4-5,8-10,15-18,20H2,1-3H3,(H,37,43)(H,39,40)(H,41,44)(H2,38,42,45)/t27-,28+,29-,35?/m0/s1. The van der Waals surface area contributed by atoms with Crippen LogP contribution in [0.4, 0.5) is 4.79 Å². The van der Waals surface area contributed by atoms with Gasteiger partial charge in [0.2, 0.25) is 11.8 Å². The molecule has 2 heterocycles. The second-order valence-corrected chi connectivity index (χ2v) is 13.8. The Balaban J connectivity index is 1.36. The summed E-state index contributed by atoms with van der Waals surface area (Å²) in [7, 11) is 0. The Bertz CT molecular complexity index is 1590. The fourth-order valence-electron chi connectivity index (χ4n) is 7.17. The number of fused-ring (bicyclic) bond motifs is 1. The van der Waals surface area contributed by atoms with Crippen LogP contribution in [-0.4, -0.2) is 60.2 Å². The van der Waals surface area contributed by atoms with Gasteiger partial charge in [-0.1, -0.05) is 49.2 Å². The van der Waals surface area contributed by atoms with Crippen LogP contribution in [0.1, 0.15) is 88.2 Å². The third kappa shape index (κ3) is 6.21. The summed E-state index contributed by atoms with van der Waals surface area (Å²) in [6, 6.07) is 12.3. The van der Waals surface area contributed by atoms with Gasteiger partial charge in [-0.2, -0.15) is 0 Å². The number of benzene rings is 2. The molecule has 2 aromatic carbocycles. The maximum atomic E-state index is 14.1. The fraction of sp³-hybridized carbons (Fsp3) is 0.543. The van der Waals surface area contributed by atoms with Crippen LogP contribution in [0.3, 0.4) is 0 Å². The lowest BCUT2D eigenvalue weighted by molar-refractivity contribution is -0.134. The molecule has 3 fully saturated rings. The van der Waals surface area contributed by atoms with E-state index in [-0.39, 0.29) is 41.7 Å². The molecule has 1 aliphatic heterocycles. The molecule has 11 heteroatoms. The van der Waals surface area contributed by atoms with E-state index in [1.165, 1.54) is 0 Å². The third-order valence-electron chi connectivity index (χ3n) is 10.3. The second-order valence-electron chi connectivity index (χ2n) is 13.4. The van der Waals surface area contributed by atoms with Gasteiger partial charge in [0.15, 0.2) is 0 Å². The molecular formula is C35H45ClN6O4. The van der Waals surface area contributed by atoms with E-state index in [0.29, 0.717) is 37.0 Å². The Morgan fingerprint density at radius 3 is 2.43 bits per heavy atom. The number of ether oxygens (including phenoxy) is 1. The van der Waals surface area contributed by atoms with Gasteiger partial charge < -0.3 is 31.0 Å². The van der Waals surface area contributed by atoms with Crippen LogP contribution in [0.25, 0.3) is 11.0 Å². The average molecular weight is 649 g/mol. The number of halogens is 1. The van der Waals surface area contributed by atoms with Crippen LogP contribution >= 0.6 is 11.6 Å². The molecule has 1 saturated heterocycles. The highest BCUT2D eigenvalue weighted by atomic mass is 35.5. The molecule has 3 aliphatic rings. The third-order valence-corrected chi connectivity index (χ3v) is 10.7. The van der Waals surface area contributed by atoms with Crippen LogP contribution in [0.2, 0.25) is 5.02 Å². The number of hydrogen-bond acceptors (Lipinski definition) is 5. The first-order valence-corrected chi connectivity index (χ1v) is 17.0. The van der Waals surface area contributed by atoms with Crippen LogP contribution in [-0.2, 0) is 19.7 Å². The van der Waals surface area contributed by atoms with Crippen molar-refractivity contribution in [2.75, 3.05) is 26.3 Å². The highest BCUT2D eigenvalue weighted by Gasteiger charge is 2.51. The van der Waals surface area contributed by atoms with E-state index in [0.717, 1.165) is 54.3 Å². The largest absolute Gasteiger partial charge is 0.380 e. The predicted molar refractivity (Wildman–Crippen MR) is 178 cm³/mol. The summed E-state index contributed by atoms with van der Waals surface area (Å²) in [5, 5.41) is 12.8. The number of amides is 4. The topological polar surface area (TPSA) is 137 Å². The lowest BCUT2D eigenvalue weighted by Crippen LogP contribution is -2.57. The van der Waals surface area contributed by atoms with Gasteiger partial charge in [0.1, 0.15) is 11.9 Å². The number of nitrogens with one attached hydrogen (secondary N) is 5. The summed E-state index contributed by atoms with van der Waals surface area (Å²) in [4.78, 5) is 48.6. The SMILES string of the molecule is CCNC(=O)N[C@H](c1nc2ccc(C3(C(=O)N[C@@H](C(=O)NCC)C4CCC4)CCOC3)cc2[nH]1)[C@H](c1ccccc1Cl)C1(C)CC1. The molecule has 4 amide bonds. The molecule has 0 bridgehead atoms. The smallest absolute Gasteiger partial charge is 0.315 e. The summed E-state index contributed by atoms with van der Waals surface area (Å²) in [5.41, 5.74) is 2.26. The zero-order valence-electron chi connectivity index (χ0n) is 26.9. The fourth-order valence-corrected chi connectivity index (χ4v) is 7.42. The molecule has 10 nitrogen and oxygen atoms in total. The van der Waals surface area contributed by atoms with Crippen molar-refractivity contribution < 1.29 is 19.1 Å². The van der Waals surface area contributed by atoms with Crippen molar-refractivity contribution in [3.05, 3.63) is 64.4 Å². The number of rotatable bonds is 12. The van der Waals surface area contributed by atoms with Crippen LogP contribution in [0, 0.1) is 11.3 Å². The van der Waals surface area contributed by atoms with E-state index >= 15 is 0 Å². The molecule has 5 N–H and O–H groups in total. The maximum Gasteiger partial charge on any atom is 0.315 e. The number of carbonyl (C=O) groups is 3. The Hall–Kier alpha value is -3.63. The van der Waals surface area contributed by atoms with Gasteiger partial charge in [0.25, 0.3) is 0 Å². The van der Waals surface area contributed by atoms with Crippen LogP contribution in [0.5, 0.6) is 0 Å². The van der Waals surface area contributed by atoms with Crippen molar-refractivity contribution in [1.29, 1.82) is 0 Å². The Labute approximate surface area is 275 Å². The zero-order valence-corrected chi connectivity index (χ0v) is 27.6. The van der Waals surface area contributed by atoms with Crippen molar-refractivity contribution in [3.8, 4) is 0 Å². The molecule has 2 aliphatic carbocycles. The average Bonchev–Trinajstić information content (AvgIpc) is 3.39. The molecule has 46 heavy (non-hydrogen) atoms. The van der Waals surface area contributed by atoms with E-state index in [2.05, 4.69) is 33.2 Å². The second kappa shape index (κ2) is 13.2. The highest BCUT2D eigenvalue weighted by molar-refractivity contribution is 6.31. The molecular weight excluding hydrogens is 604 g/mol. The lowest BCUT2D eigenvalue weighted by Gasteiger charge is -2.36. The van der Waals surface area contributed by atoms with Gasteiger partial charge in [-0.15, -0.1) is 0 Å².